The van der Waals surface area contributed by atoms with Crippen molar-refractivity contribution in [3.63, 3.8) is 0 Å². The van der Waals surface area contributed by atoms with Crippen LogP contribution in [-0.2, 0) is 4.79 Å². The Labute approximate surface area is 126 Å². The zero-order chi connectivity index (χ0) is 15.4. The van der Waals surface area contributed by atoms with Gasteiger partial charge in [0.05, 0.1) is 13.1 Å². The highest BCUT2D eigenvalue weighted by atomic mass is 16.2. The normalized spacial score (nSPS) is 14.8. The van der Waals surface area contributed by atoms with Gasteiger partial charge in [-0.3, -0.25) is 14.5 Å². The molecule has 21 heavy (non-hydrogen) atoms. The summed E-state index contributed by atoms with van der Waals surface area (Å²) in [5.74, 6) is 0.205. The number of Topliss-reactive ketones (excluding diaryl/α,β-unsaturated/α-hetero) is 1. The van der Waals surface area contributed by atoms with Crippen LogP contribution in [0.4, 0.5) is 0 Å². The third-order valence-corrected chi connectivity index (χ3v) is 3.97. The number of ketones is 1. The Morgan fingerprint density at radius 3 is 2.48 bits per heavy atom. The molecular weight excluding hydrogens is 264 g/mol. The van der Waals surface area contributed by atoms with Gasteiger partial charge in [0.15, 0.2) is 5.78 Å². The molecule has 0 bridgehead atoms. The van der Waals surface area contributed by atoms with Gasteiger partial charge in [-0.25, -0.2) is 0 Å². The van der Waals surface area contributed by atoms with E-state index in [-0.39, 0.29) is 18.2 Å². The Balaban J connectivity index is 1.92. The molecule has 0 aliphatic carbocycles. The van der Waals surface area contributed by atoms with E-state index >= 15 is 0 Å². The molecule has 1 heterocycles. The molecule has 0 atom stereocenters. The van der Waals surface area contributed by atoms with Crippen LogP contribution >= 0.6 is 0 Å². The maximum Gasteiger partial charge on any atom is 0.236 e. The lowest BCUT2D eigenvalue weighted by Crippen LogP contribution is -2.39. The Morgan fingerprint density at radius 1 is 1.14 bits per heavy atom. The number of likely N-dealkylation sites (tertiary alicyclic amines) is 1. The summed E-state index contributed by atoms with van der Waals surface area (Å²) in [5, 5.41) is 0. The van der Waals surface area contributed by atoms with E-state index in [2.05, 4.69) is 0 Å². The number of likely N-dealkylation sites (N-methyl/N-ethyl adjacent to an activating group) is 1. The molecular formula is C17H24N2O2. The fourth-order valence-corrected chi connectivity index (χ4v) is 2.72. The SMILES string of the molecule is Cc1ccc(C)c(C(=O)CN(C)CC(=O)N2CCCC2)c1. The minimum absolute atomic E-state index is 0.0768. The van der Waals surface area contributed by atoms with Gasteiger partial charge in [0, 0.05) is 18.7 Å². The van der Waals surface area contributed by atoms with E-state index in [1.165, 1.54) is 0 Å². The average Bonchev–Trinajstić information content (AvgIpc) is 2.95. The van der Waals surface area contributed by atoms with Gasteiger partial charge in [0.2, 0.25) is 5.91 Å². The van der Waals surface area contributed by atoms with Crippen molar-refractivity contribution in [2.24, 2.45) is 0 Å². The van der Waals surface area contributed by atoms with E-state index in [9.17, 15) is 9.59 Å². The van der Waals surface area contributed by atoms with Crippen molar-refractivity contribution in [2.45, 2.75) is 26.7 Å². The first kappa shape index (κ1) is 15.7. The van der Waals surface area contributed by atoms with Gasteiger partial charge < -0.3 is 4.90 Å². The van der Waals surface area contributed by atoms with Crippen LogP contribution in [0.25, 0.3) is 0 Å². The summed E-state index contributed by atoms with van der Waals surface area (Å²) in [6, 6.07) is 5.90. The molecule has 1 aromatic carbocycles. The van der Waals surface area contributed by atoms with E-state index in [4.69, 9.17) is 0 Å². The molecule has 2 rings (SSSR count). The molecule has 1 aliphatic rings. The zero-order valence-electron chi connectivity index (χ0n) is 13.2. The number of nitrogens with zero attached hydrogens (tertiary/aromatic N) is 2. The number of rotatable bonds is 5. The topological polar surface area (TPSA) is 40.6 Å². The maximum atomic E-state index is 12.4. The van der Waals surface area contributed by atoms with Crippen molar-refractivity contribution < 1.29 is 9.59 Å². The quantitative estimate of drug-likeness (QED) is 0.779. The van der Waals surface area contributed by atoms with Crippen molar-refractivity contribution in [3.8, 4) is 0 Å². The van der Waals surface area contributed by atoms with Crippen LogP contribution in [-0.4, -0.2) is 54.7 Å². The molecule has 1 saturated heterocycles. The first-order valence-electron chi connectivity index (χ1n) is 7.54. The fraction of sp³-hybridized carbons (Fsp3) is 0.529. The molecule has 0 aromatic heterocycles. The number of hydrogen-bond acceptors (Lipinski definition) is 3. The second-order valence-electron chi connectivity index (χ2n) is 6.00. The van der Waals surface area contributed by atoms with Crippen LogP contribution in [0.15, 0.2) is 18.2 Å². The minimum Gasteiger partial charge on any atom is -0.342 e. The Hall–Kier alpha value is -1.68. The molecule has 4 heteroatoms. The van der Waals surface area contributed by atoms with Gasteiger partial charge in [-0.1, -0.05) is 17.7 Å². The number of benzene rings is 1. The largest absolute Gasteiger partial charge is 0.342 e. The molecule has 0 unspecified atom stereocenters. The standard InChI is InChI=1S/C17H24N2O2/c1-13-6-7-14(2)15(10-13)16(20)11-18(3)12-17(21)19-8-4-5-9-19/h6-7,10H,4-5,8-9,11-12H2,1-3H3. The summed E-state index contributed by atoms with van der Waals surface area (Å²) < 4.78 is 0. The van der Waals surface area contributed by atoms with Gasteiger partial charge >= 0.3 is 0 Å². The summed E-state index contributed by atoms with van der Waals surface area (Å²) in [7, 11) is 1.83. The van der Waals surface area contributed by atoms with Crippen LogP contribution in [0.3, 0.4) is 0 Å². The van der Waals surface area contributed by atoms with E-state index < -0.39 is 0 Å². The first-order chi connectivity index (χ1) is 9.97. The van der Waals surface area contributed by atoms with E-state index in [0.717, 1.165) is 42.6 Å². The zero-order valence-corrected chi connectivity index (χ0v) is 13.2. The van der Waals surface area contributed by atoms with E-state index in [1.54, 1.807) is 0 Å². The van der Waals surface area contributed by atoms with Gasteiger partial charge in [-0.15, -0.1) is 0 Å². The molecule has 0 N–H and O–H groups in total. The summed E-state index contributed by atoms with van der Waals surface area (Å²) in [6.07, 6.45) is 2.19. The second kappa shape index (κ2) is 6.85. The van der Waals surface area contributed by atoms with Crippen LogP contribution in [0.5, 0.6) is 0 Å². The van der Waals surface area contributed by atoms with E-state index in [1.807, 2.05) is 48.9 Å². The van der Waals surface area contributed by atoms with Gasteiger partial charge in [0.1, 0.15) is 0 Å². The van der Waals surface area contributed by atoms with Crippen molar-refractivity contribution in [1.29, 1.82) is 0 Å². The predicted octanol–water partition coefficient (Wildman–Crippen LogP) is 2.04. The summed E-state index contributed by atoms with van der Waals surface area (Å²) in [6.45, 7) is 6.24. The summed E-state index contributed by atoms with van der Waals surface area (Å²) in [4.78, 5) is 28.1. The molecule has 1 aliphatic heterocycles. The van der Waals surface area contributed by atoms with E-state index in [0.29, 0.717) is 6.54 Å². The van der Waals surface area contributed by atoms with Crippen molar-refractivity contribution in [2.75, 3.05) is 33.2 Å². The monoisotopic (exact) mass is 288 g/mol. The molecule has 0 radical (unpaired) electrons. The minimum atomic E-state index is 0.0768. The molecule has 1 aromatic rings. The second-order valence-corrected chi connectivity index (χ2v) is 6.00. The third-order valence-electron chi connectivity index (χ3n) is 3.97. The third kappa shape index (κ3) is 4.14. The van der Waals surface area contributed by atoms with Gasteiger partial charge in [-0.05, 0) is 45.4 Å². The highest BCUT2D eigenvalue weighted by Crippen LogP contribution is 2.12. The van der Waals surface area contributed by atoms with Gasteiger partial charge in [-0.2, -0.15) is 0 Å². The smallest absolute Gasteiger partial charge is 0.236 e. The number of hydrogen-bond donors (Lipinski definition) is 0. The molecule has 0 saturated carbocycles. The van der Waals surface area contributed by atoms with Crippen molar-refractivity contribution in [1.82, 2.24) is 9.80 Å². The highest BCUT2D eigenvalue weighted by molar-refractivity contribution is 5.99. The number of carbonyl (C=O) groups is 2. The summed E-state index contributed by atoms with van der Waals surface area (Å²) >= 11 is 0. The lowest BCUT2D eigenvalue weighted by Gasteiger charge is -2.21. The highest BCUT2D eigenvalue weighted by Gasteiger charge is 2.20. The fourth-order valence-electron chi connectivity index (χ4n) is 2.72. The first-order valence-corrected chi connectivity index (χ1v) is 7.54. The average molecular weight is 288 g/mol. The Bertz CT molecular complexity index is 534. The van der Waals surface area contributed by atoms with Crippen LogP contribution in [0.1, 0.15) is 34.3 Å². The molecule has 114 valence electrons. The lowest BCUT2D eigenvalue weighted by molar-refractivity contribution is -0.130. The van der Waals surface area contributed by atoms with Crippen molar-refractivity contribution in [3.05, 3.63) is 34.9 Å². The molecule has 1 amide bonds. The molecule has 1 fully saturated rings. The number of aryl methyl sites for hydroxylation is 2. The van der Waals surface area contributed by atoms with Gasteiger partial charge in [0.25, 0.3) is 0 Å². The Morgan fingerprint density at radius 2 is 1.81 bits per heavy atom. The maximum absolute atomic E-state index is 12.4. The number of amides is 1. The Kier molecular flexibility index (Phi) is 5.12. The lowest BCUT2D eigenvalue weighted by atomic mass is 10.0. The predicted molar refractivity (Wildman–Crippen MR) is 83.6 cm³/mol. The molecule has 0 spiro atoms. The van der Waals surface area contributed by atoms with Crippen LogP contribution in [0, 0.1) is 13.8 Å². The molecule has 4 nitrogen and oxygen atoms in total. The van der Waals surface area contributed by atoms with Crippen molar-refractivity contribution >= 4 is 11.7 Å². The summed E-state index contributed by atoms with van der Waals surface area (Å²) in [5.41, 5.74) is 2.83. The number of carbonyl (C=O) groups excluding carboxylic acids is 2. The van der Waals surface area contributed by atoms with Crippen LogP contribution in [0.2, 0.25) is 0 Å². The van der Waals surface area contributed by atoms with Crippen LogP contribution < -0.4 is 0 Å².